The van der Waals surface area contributed by atoms with Gasteiger partial charge in [-0.1, -0.05) is 40.9 Å². The van der Waals surface area contributed by atoms with E-state index in [1.807, 2.05) is 0 Å². The van der Waals surface area contributed by atoms with Gasteiger partial charge in [-0.3, -0.25) is 9.59 Å². The number of aliphatic hydroxyl groups is 1. The van der Waals surface area contributed by atoms with Crippen LogP contribution in [0, 0.1) is 5.92 Å². The number of rotatable bonds is 9. The summed E-state index contributed by atoms with van der Waals surface area (Å²) in [5.74, 6) is -0.311. The number of anilines is 1. The lowest BCUT2D eigenvalue weighted by Crippen LogP contribution is -2.45. The average Bonchev–Trinajstić information content (AvgIpc) is 2.95. The standard InChI is InChI=1S/C27H29N3O6S/c31-20-21-8-7-17-29(19-21)26(32)18-28-27(33)22-13-15-25(16-14-22)37(34,35)30(23-9-3-1-4-10-23)36-24-11-5-2-6-12-24/h1-6,9-16,21,31H,7-8,17-20H2,(H,28,33). The highest BCUT2D eigenvalue weighted by Crippen LogP contribution is 2.26. The van der Waals surface area contributed by atoms with E-state index in [1.165, 1.54) is 24.3 Å². The van der Waals surface area contributed by atoms with Crippen LogP contribution in [0.3, 0.4) is 0 Å². The normalized spacial score (nSPS) is 15.6. The first-order valence-corrected chi connectivity index (χ1v) is 13.4. The summed E-state index contributed by atoms with van der Waals surface area (Å²) in [6.07, 6.45) is 1.69. The fraction of sp³-hybridized carbons (Fsp3) is 0.259. The Morgan fingerprint density at radius 3 is 2.27 bits per heavy atom. The lowest BCUT2D eigenvalue weighted by Gasteiger charge is -2.31. The summed E-state index contributed by atoms with van der Waals surface area (Å²) in [6.45, 7) is 0.925. The second-order valence-corrected chi connectivity index (χ2v) is 10.5. The van der Waals surface area contributed by atoms with Crippen LogP contribution >= 0.6 is 0 Å². The number of likely N-dealkylation sites (tertiary alicyclic amines) is 1. The molecule has 1 aliphatic heterocycles. The van der Waals surface area contributed by atoms with E-state index in [0.717, 1.165) is 17.3 Å². The van der Waals surface area contributed by atoms with E-state index in [4.69, 9.17) is 4.84 Å². The topological polar surface area (TPSA) is 116 Å². The van der Waals surface area contributed by atoms with Gasteiger partial charge in [0.15, 0.2) is 5.75 Å². The molecule has 10 heteroatoms. The van der Waals surface area contributed by atoms with E-state index in [1.54, 1.807) is 65.6 Å². The third-order valence-electron chi connectivity index (χ3n) is 6.06. The van der Waals surface area contributed by atoms with Gasteiger partial charge in [0.25, 0.3) is 15.9 Å². The van der Waals surface area contributed by atoms with Crippen LogP contribution in [0.4, 0.5) is 5.69 Å². The number of aliphatic hydroxyl groups excluding tert-OH is 1. The third kappa shape index (κ3) is 6.46. The van der Waals surface area contributed by atoms with E-state index in [2.05, 4.69) is 5.32 Å². The Hall–Kier alpha value is -3.89. The van der Waals surface area contributed by atoms with E-state index in [-0.39, 0.29) is 35.4 Å². The van der Waals surface area contributed by atoms with Crippen LogP contribution in [0.25, 0.3) is 0 Å². The first kappa shape index (κ1) is 26.2. The highest BCUT2D eigenvalue weighted by atomic mass is 32.2. The maximum Gasteiger partial charge on any atom is 0.295 e. The largest absolute Gasteiger partial charge is 0.396 e. The second kappa shape index (κ2) is 11.9. The van der Waals surface area contributed by atoms with E-state index in [9.17, 15) is 23.1 Å². The van der Waals surface area contributed by atoms with Crippen molar-refractivity contribution in [3.05, 3.63) is 90.5 Å². The van der Waals surface area contributed by atoms with Crippen molar-refractivity contribution in [3.8, 4) is 5.75 Å². The van der Waals surface area contributed by atoms with Crippen molar-refractivity contribution >= 4 is 27.5 Å². The van der Waals surface area contributed by atoms with Gasteiger partial charge in [-0.15, -0.1) is 0 Å². The number of carbonyl (C=O) groups is 2. The van der Waals surface area contributed by atoms with E-state index in [0.29, 0.717) is 24.5 Å². The number of nitrogens with zero attached hydrogens (tertiary/aromatic N) is 2. The Morgan fingerprint density at radius 2 is 1.62 bits per heavy atom. The van der Waals surface area contributed by atoms with Gasteiger partial charge in [0.2, 0.25) is 5.91 Å². The molecule has 1 atom stereocenters. The molecule has 1 heterocycles. The summed E-state index contributed by atoms with van der Waals surface area (Å²) in [6, 6.07) is 22.4. The number of piperidine rings is 1. The Bertz CT molecular complexity index is 1300. The zero-order valence-electron chi connectivity index (χ0n) is 20.2. The van der Waals surface area contributed by atoms with Gasteiger partial charge in [0, 0.05) is 25.3 Å². The van der Waals surface area contributed by atoms with Crippen molar-refractivity contribution in [3.63, 3.8) is 0 Å². The molecule has 194 valence electrons. The molecular weight excluding hydrogens is 494 g/mol. The molecule has 3 aromatic rings. The maximum absolute atomic E-state index is 13.5. The number of nitrogens with one attached hydrogen (secondary N) is 1. The molecule has 0 radical (unpaired) electrons. The monoisotopic (exact) mass is 523 g/mol. The van der Waals surface area contributed by atoms with Crippen molar-refractivity contribution in [2.45, 2.75) is 17.7 Å². The van der Waals surface area contributed by atoms with Crippen LogP contribution in [0.1, 0.15) is 23.2 Å². The molecule has 0 spiro atoms. The van der Waals surface area contributed by atoms with Crippen LogP contribution < -0.4 is 14.6 Å². The molecule has 0 aliphatic carbocycles. The highest BCUT2D eigenvalue weighted by molar-refractivity contribution is 7.92. The van der Waals surface area contributed by atoms with E-state index >= 15 is 0 Å². The van der Waals surface area contributed by atoms with Crippen LogP contribution in [0.15, 0.2) is 89.8 Å². The lowest BCUT2D eigenvalue weighted by atomic mass is 9.99. The van der Waals surface area contributed by atoms with Crippen LogP contribution in [0.5, 0.6) is 5.75 Å². The molecule has 1 saturated heterocycles. The summed E-state index contributed by atoms with van der Waals surface area (Å²) < 4.78 is 27.8. The third-order valence-corrected chi connectivity index (χ3v) is 7.65. The van der Waals surface area contributed by atoms with Gasteiger partial charge in [-0.05, 0) is 67.3 Å². The summed E-state index contributed by atoms with van der Waals surface area (Å²) in [7, 11) is -4.14. The first-order valence-electron chi connectivity index (χ1n) is 12.0. The van der Waals surface area contributed by atoms with Gasteiger partial charge in [-0.2, -0.15) is 8.42 Å². The van der Waals surface area contributed by atoms with Crippen molar-refractivity contribution in [1.82, 2.24) is 10.2 Å². The minimum absolute atomic E-state index is 0.0312. The molecule has 1 unspecified atom stereocenters. The molecule has 3 aromatic carbocycles. The zero-order chi connectivity index (χ0) is 26.3. The molecule has 4 rings (SSSR count). The number of hydrogen-bond donors (Lipinski definition) is 2. The van der Waals surface area contributed by atoms with Crippen molar-refractivity contribution in [2.24, 2.45) is 5.92 Å². The fourth-order valence-electron chi connectivity index (χ4n) is 4.05. The van der Waals surface area contributed by atoms with Gasteiger partial charge in [0.05, 0.1) is 17.1 Å². The first-order chi connectivity index (χ1) is 17.9. The van der Waals surface area contributed by atoms with Crippen molar-refractivity contribution in [2.75, 3.05) is 30.7 Å². The van der Waals surface area contributed by atoms with Gasteiger partial charge >= 0.3 is 0 Å². The fourth-order valence-corrected chi connectivity index (χ4v) is 5.31. The number of carbonyl (C=O) groups excluding carboxylic acids is 2. The molecule has 2 amide bonds. The smallest absolute Gasteiger partial charge is 0.295 e. The van der Waals surface area contributed by atoms with Crippen LogP contribution in [0.2, 0.25) is 0 Å². The highest BCUT2D eigenvalue weighted by Gasteiger charge is 2.28. The van der Waals surface area contributed by atoms with Crippen molar-refractivity contribution < 1.29 is 28.0 Å². The average molecular weight is 524 g/mol. The van der Waals surface area contributed by atoms with Crippen LogP contribution in [-0.4, -0.2) is 56.5 Å². The zero-order valence-corrected chi connectivity index (χ0v) is 21.0. The Balaban J connectivity index is 1.45. The molecule has 0 saturated carbocycles. The van der Waals surface area contributed by atoms with Crippen molar-refractivity contribution in [1.29, 1.82) is 0 Å². The SMILES string of the molecule is O=C(NCC(=O)N1CCCC(CO)C1)c1ccc(S(=O)(=O)N(Oc2ccccc2)c2ccccc2)cc1. The molecule has 1 aliphatic rings. The molecule has 9 nitrogen and oxygen atoms in total. The Kier molecular flexibility index (Phi) is 8.42. The lowest BCUT2D eigenvalue weighted by molar-refractivity contribution is -0.132. The Morgan fingerprint density at radius 1 is 0.973 bits per heavy atom. The minimum Gasteiger partial charge on any atom is -0.396 e. The summed E-state index contributed by atoms with van der Waals surface area (Å²) in [5.41, 5.74) is 0.529. The van der Waals surface area contributed by atoms with Gasteiger partial charge in [-0.25, -0.2) is 0 Å². The molecular formula is C27H29N3O6S. The number of amides is 2. The number of benzene rings is 3. The molecule has 0 bridgehead atoms. The predicted octanol–water partition coefficient (Wildman–Crippen LogP) is 2.84. The number of sulfonamides is 1. The Labute approximate surface area is 216 Å². The molecule has 2 N–H and O–H groups in total. The number of hydrogen-bond acceptors (Lipinski definition) is 6. The second-order valence-electron chi connectivity index (χ2n) is 8.71. The minimum atomic E-state index is -4.14. The molecule has 1 fully saturated rings. The summed E-state index contributed by atoms with van der Waals surface area (Å²) >= 11 is 0. The van der Waals surface area contributed by atoms with Gasteiger partial charge in [0.1, 0.15) is 0 Å². The van der Waals surface area contributed by atoms with Gasteiger partial charge < -0.3 is 20.2 Å². The maximum atomic E-state index is 13.5. The molecule has 37 heavy (non-hydrogen) atoms. The molecule has 0 aromatic heterocycles. The van der Waals surface area contributed by atoms with E-state index < -0.39 is 15.9 Å². The predicted molar refractivity (Wildman–Crippen MR) is 138 cm³/mol. The summed E-state index contributed by atoms with van der Waals surface area (Å²) in [4.78, 5) is 32.4. The summed E-state index contributed by atoms with van der Waals surface area (Å²) in [5, 5.41) is 11.9. The van der Waals surface area contributed by atoms with Crippen LogP contribution in [-0.2, 0) is 14.8 Å². The number of para-hydroxylation sites is 2. The quantitative estimate of drug-likeness (QED) is 0.417.